The van der Waals surface area contributed by atoms with Gasteiger partial charge in [-0.2, -0.15) is 0 Å². The first-order valence-corrected chi connectivity index (χ1v) is 6.38. The molecule has 0 aliphatic heterocycles. The van der Waals surface area contributed by atoms with Gasteiger partial charge in [0.05, 0.1) is 8.80 Å². The number of carboxylic acid groups (broad SMARTS) is 1. The van der Waals surface area contributed by atoms with Gasteiger partial charge >= 0.3 is 5.97 Å². The van der Waals surface area contributed by atoms with E-state index in [9.17, 15) is 4.79 Å². The van der Waals surface area contributed by atoms with Gasteiger partial charge in [-0.05, 0) is 20.1 Å². The highest BCUT2D eigenvalue weighted by molar-refractivity contribution is 6.55. The average molecular weight is 174 g/mol. The summed E-state index contributed by atoms with van der Waals surface area (Å²) in [7, 11) is 1.51. The third kappa shape index (κ3) is 4.16. The zero-order valence-corrected chi connectivity index (χ0v) is 8.59. The molecule has 0 aromatic heterocycles. The van der Waals surface area contributed by atoms with Crippen molar-refractivity contribution in [3.8, 4) is 0 Å². The number of hydrogen-bond acceptors (Lipinski definition) is 2. The molecule has 1 atom stereocenters. The lowest BCUT2D eigenvalue weighted by molar-refractivity contribution is -0.141. The lowest BCUT2D eigenvalue weighted by Crippen LogP contribution is -2.40. The first-order chi connectivity index (χ1) is 4.95. The Bertz CT molecular complexity index is 138. The first-order valence-electron chi connectivity index (χ1n) is 3.67. The molecule has 65 valence electrons. The van der Waals surface area contributed by atoms with E-state index in [4.69, 9.17) is 5.11 Å². The predicted octanol–water partition coefficient (Wildman–Crippen LogP) is 0.685. The third-order valence-electron chi connectivity index (χ3n) is 1.58. The monoisotopic (exact) mass is 174 g/mol. The van der Waals surface area contributed by atoms with Crippen molar-refractivity contribution in [1.82, 2.24) is 4.90 Å². The molecule has 0 fully saturated rings. The van der Waals surface area contributed by atoms with Gasteiger partial charge in [-0.3, -0.25) is 9.69 Å². The molecule has 0 rings (SSSR count). The fourth-order valence-electron chi connectivity index (χ4n) is 0.824. The number of nitrogens with zero attached hydrogens (tertiary/aromatic N) is 1. The molecule has 0 spiro atoms. The molecule has 0 aliphatic carbocycles. The predicted molar refractivity (Wildman–Crippen MR) is 47.2 cm³/mol. The van der Waals surface area contributed by atoms with Crippen LogP contribution in [-0.2, 0) is 4.79 Å². The molecule has 3 nitrogen and oxygen atoms in total. The molecule has 0 aliphatic rings. The summed E-state index contributed by atoms with van der Waals surface area (Å²) in [6, 6.07) is -0.352. The summed E-state index contributed by atoms with van der Waals surface area (Å²) in [6.45, 7) is 6.07. The van der Waals surface area contributed by atoms with Crippen LogP contribution in [0.2, 0.25) is 13.1 Å². The van der Waals surface area contributed by atoms with Crippen LogP contribution in [0.25, 0.3) is 0 Å². The van der Waals surface area contributed by atoms with Crippen molar-refractivity contribution in [3.05, 3.63) is 0 Å². The van der Waals surface area contributed by atoms with E-state index in [1.165, 1.54) is 0 Å². The largest absolute Gasteiger partial charge is 0.480 e. The molecule has 0 bridgehead atoms. The summed E-state index contributed by atoms with van der Waals surface area (Å²) in [5, 5.41) is 8.63. The number of aliphatic carboxylic acids is 1. The van der Waals surface area contributed by atoms with Gasteiger partial charge in [0.1, 0.15) is 6.04 Å². The van der Waals surface area contributed by atoms with Gasteiger partial charge in [-0.1, -0.05) is 13.1 Å². The van der Waals surface area contributed by atoms with Crippen molar-refractivity contribution < 1.29 is 9.90 Å². The molecule has 0 saturated carbocycles. The second-order valence-electron chi connectivity index (χ2n) is 3.14. The van der Waals surface area contributed by atoms with Gasteiger partial charge in [0.25, 0.3) is 0 Å². The Kier molecular flexibility index (Phi) is 4.36. The van der Waals surface area contributed by atoms with Gasteiger partial charge in [0.2, 0.25) is 0 Å². The Morgan fingerprint density at radius 3 is 2.36 bits per heavy atom. The Balaban J connectivity index is 3.82. The van der Waals surface area contributed by atoms with Crippen LogP contribution in [0.5, 0.6) is 0 Å². The van der Waals surface area contributed by atoms with Crippen molar-refractivity contribution >= 4 is 14.8 Å². The molecule has 0 aromatic carbocycles. The zero-order chi connectivity index (χ0) is 9.02. The third-order valence-corrected chi connectivity index (χ3v) is 2.72. The molecule has 0 saturated heterocycles. The lowest BCUT2D eigenvalue weighted by Gasteiger charge is -2.22. The van der Waals surface area contributed by atoms with E-state index >= 15 is 0 Å². The Labute approximate surface area is 69.6 Å². The highest BCUT2D eigenvalue weighted by atomic mass is 28.3. The van der Waals surface area contributed by atoms with E-state index in [0.717, 1.165) is 6.17 Å². The van der Waals surface area contributed by atoms with Crippen LogP contribution in [0.15, 0.2) is 0 Å². The van der Waals surface area contributed by atoms with Crippen LogP contribution in [-0.4, -0.2) is 44.0 Å². The Morgan fingerprint density at radius 1 is 1.64 bits per heavy atom. The Morgan fingerprint density at radius 2 is 2.09 bits per heavy atom. The van der Waals surface area contributed by atoms with E-state index < -0.39 is 5.97 Å². The minimum absolute atomic E-state index is 0.349. The molecular formula is C7H16NO2Si. The Hall–Kier alpha value is -0.353. The second-order valence-corrected chi connectivity index (χ2v) is 5.87. The maximum Gasteiger partial charge on any atom is 0.320 e. The molecule has 11 heavy (non-hydrogen) atoms. The van der Waals surface area contributed by atoms with E-state index in [2.05, 4.69) is 13.1 Å². The van der Waals surface area contributed by atoms with Gasteiger partial charge in [-0.25, -0.2) is 0 Å². The summed E-state index contributed by atoms with van der Waals surface area (Å²) in [5.41, 5.74) is 0. The molecule has 4 heteroatoms. The summed E-state index contributed by atoms with van der Waals surface area (Å²) < 4.78 is 0. The summed E-state index contributed by atoms with van der Waals surface area (Å²) in [4.78, 5) is 12.4. The van der Waals surface area contributed by atoms with Crippen LogP contribution < -0.4 is 0 Å². The maximum atomic E-state index is 10.5. The molecule has 0 aromatic rings. The van der Waals surface area contributed by atoms with Gasteiger partial charge in [-0.15, -0.1) is 0 Å². The van der Waals surface area contributed by atoms with Gasteiger partial charge in [0.15, 0.2) is 0 Å². The second kappa shape index (κ2) is 4.51. The zero-order valence-electron chi connectivity index (χ0n) is 7.59. The summed E-state index contributed by atoms with van der Waals surface area (Å²) in [5.74, 6) is -0.740. The molecular weight excluding hydrogens is 158 g/mol. The number of hydrogen-bond donors (Lipinski definition) is 1. The lowest BCUT2D eigenvalue weighted by atomic mass is 10.3. The fourth-order valence-corrected chi connectivity index (χ4v) is 2.10. The van der Waals surface area contributed by atoms with Crippen LogP contribution in [0.4, 0.5) is 0 Å². The molecule has 0 heterocycles. The number of carboxylic acids is 1. The van der Waals surface area contributed by atoms with Crippen LogP contribution in [0, 0.1) is 0 Å². The first kappa shape index (κ1) is 10.6. The summed E-state index contributed by atoms with van der Waals surface area (Å²) in [6.07, 6.45) is 0.929. The van der Waals surface area contributed by atoms with Crippen molar-refractivity contribution in [2.24, 2.45) is 0 Å². The topological polar surface area (TPSA) is 40.5 Å². The van der Waals surface area contributed by atoms with E-state index in [1.54, 1.807) is 6.92 Å². The SMILES string of the molecule is CC(C(=O)O)N(C)C[Si](C)C. The molecule has 1 N–H and O–H groups in total. The van der Waals surface area contributed by atoms with E-state index in [0.29, 0.717) is 0 Å². The summed E-state index contributed by atoms with van der Waals surface area (Å²) >= 11 is 0. The van der Waals surface area contributed by atoms with Crippen LogP contribution >= 0.6 is 0 Å². The van der Waals surface area contributed by atoms with Crippen molar-refractivity contribution in [2.45, 2.75) is 26.1 Å². The average Bonchev–Trinajstić information content (AvgIpc) is 1.84. The minimum Gasteiger partial charge on any atom is -0.480 e. The van der Waals surface area contributed by atoms with Crippen molar-refractivity contribution in [1.29, 1.82) is 0 Å². The quantitative estimate of drug-likeness (QED) is 0.637. The van der Waals surface area contributed by atoms with Crippen molar-refractivity contribution in [3.63, 3.8) is 0 Å². The molecule has 1 radical (unpaired) electrons. The number of carbonyl (C=O) groups is 1. The number of likely N-dealkylation sites (N-methyl/N-ethyl adjacent to an activating group) is 1. The normalized spacial score (nSPS) is 14.0. The van der Waals surface area contributed by atoms with Crippen LogP contribution in [0.3, 0.4) is 0 Å². The molecule has 0 amide bonds. The highest BCUT2D eigenvalue weighted by Gasteiger charge is 2.16. The minimum atomic E-state index is -0.740. The van der Waals surface area contributed by atoms with Crippen molar-refractivity contribution in [2.75, 3.05) is 13.2 Å². The van der Waals surface area contributed by atoms with Gasteiger partial charge < -0.3 is 5.11 Å². The van der Waals surface area contributed by atoms with E-state index in [1.807, 2.05) is 11.9 Å². The van der Waals surface area contributed by atoms with Crippen LogP contribution in [0.1, 0.15) is 6.92 Å². The molecule has 1 unspecified atom stereocenters. The highest BCUT2D eigenvalue weighted by Crippen LogP contribution is 1.96. The number of rotatable bonds is 4. The maximum absolute atomic E-state index is 10.5. The van der Waals surface area contributed by atoms with Gasteiger partial charge in [0, 0.05) is 0 Å². The standard InChI is InChI=1S/C7H16NO2Si/c1-6(7(9)10)8(2)5-11(3)4/h6H,5H2,1-4H3,(H,9,10). The smallest absolute Gasteiger partial charge is 0.320 e. The van der Waals surface area contributed by atoms with E-state index in [-0.39, 0.29) is 14.8 Å². The fraction of sp³-hybridized carbons (Fsp3) is 0.857.